The molecule has 2 aliphatic rings. The summed E-state index contributed by atoms with van der Waals surface area (Å²) in [6, 6.07) is 1.61. The third kappa shape index (κ3) is 4.69. The molecule has 2 fully saturated rings. The number of amides is 1. The summed E-state index contributed by atoms with van der Waals surface area (Å²) in [5.41, 5.74) is 0.791. The smallest absolute Gasteiger partial charge is 0.251 e. The van der Waals surface area contributed by atoms with Gasteiger partial charge < -0.3 is 14.8 Å². The largest absolute Gasteiger partial charge is 0.343 e. The molecule has 2 aliphatic heterocycles. The van der Waals surface area contributed by atoms with E-state index in [9.17, 15) is 9.59 Å². The topological polar surface area (TPSA) is 69.3 Å². The summed E-state index contributed by atoms with van der Waals surface area (Å²) < 4.78 is 0. The van der Waals surface area contributed by atoms with Crippen LogP contribution in [0.4, 0.5) is 0 Å². The lowest BCUT2D eigenvalue weighted by Gasteiger charge is -2.35. The minimum atomic E-state index is -0.0839. The average molecular weight is 346 g/mol. The molecule has 0 aromatic carbocycles. The van der Waals surface area contributed by atoms with E-state index in [4.69, 9.17) is 0 Å². The number of hydrogen-bond acceptors (Lipinski definition) is 4. The van der Waals surface area contributed by atoms with Crippen LogP contribution in [0.5, 0.6) is 0 Å². The maximum absolute atomic E-state index is 12.6. The van der Waals surface area contributed by atoms with Crippen LogP contribution in [-0.2, 0) is 4.79 Å². The summed E-state index contributed by atoms with van der Waals surface area (Å²) in [5, 5.41) is 0. The first kappa shape index (κ1) is 18.1. The van der Waals surface area contributed by atoms with Gasteiger partial charge in [0.15, 0.2) is 0 Å². The Morgan fingerprint density at radius 3 is 2.48 bits per heavy atom. The van der Waals surface area contributed by atoms with E-state index in [2.05, 4.69) is 21.8 Å². The molecule has 1 N–H and O–H groups in total. The molecular weight excluding hydrogens is 316 g/mol. The number of carbonyl (C=O) groups is 1. The third-order valence-electron chi connectivity index (χ3n) is 5.76. The number of aromatic nitrogens is 2. The van der Waals surface area contributed by atoms with Crippen LogP contribution in [0.1, 0.15) is 56.5 Å². The maximum atomic E-state index is 12.6. The number of aromatic amines is 1. The average Bonchev–Trinajstić information content (AvgIpc) is 2.61. The number of piperidine rings is 2. The van der Waals surface area contributed by atoms with E-state index in [0.717, 1.165) is 64.1 Å². The molecule has 6 nitrogen and oxygen atoms in total. The summed E-state index contributed by atoms with van der Waals surface area (Å²) in [7, 11) is 0. The van der Waals surface area contributed by atoms with Crippen molar-refractivity contribution in [1.82, 2.24) is 19.8 Å². The first-order valence-corrected chi connectivity index (χ1v) is 9.63. The van der Waals surface area contributed by atoms with Crippen molar-refractivity contribution in [2.45, 2.75) is 51.9 Å². The van der Waals surface area contributed by atoms with Crippen LogP contribution >= 0.6 is 0 Å². The number of H-pyrrole nitrogens is 1. The Bertz CT molecular complexity index is 641. The lowest BCUT2D eigenvalue weighted by Crippen LogP contribution is -2.40. The highest BCUT2D eigenvalue weighted by molar-refractivity contribution is 5.76. The predicted octanol–water partition coefficient (Wildman–Crippen LogP) is 1.91. The minimum absolute atomic E-state index is 0.0839. The molecule has 138 valence electrons. The fourth-order valence-electron chi connectivity index (χ4n) is 4.12. The molecule has 1 amide bonds. The van der Waals surface area contributed by atoms with Crippen molar-refractivity contribution in [1.29, 1.82) is 0 Å². The standard InChI is InChI=1S/C19H30N4O2/c1-3-22-8-4-15(5-9-22)12-19(25)23-10-6-16(7-11-23)17-13-18(24)21-14(2)20-17/h13,15-16H,3-12H2,1-2H3,(H,20,21,24). The van der Waals surface area contributed by atoms with Crippen LogP contribution < -0.4 is 5.56 Å². The second kappa shape index (κ2) is 8.13. The van der Waals surface area contributed by atoms with Crippen LogP contribution in [0.15, 0.2) is 10.9 Å². The van der Waals surface area contributed by atoms with E-state index < -0.39 is 0 Å². The molecule has 0 bridgehead atoms. The monoisotopic (exact) mass is 346 g/mol. The zero-order valence-corrected chi connectivity index (χ0v) is 15.5. The molecule has 3 heterocycles. The fraction of sp³-hybridized carbons (Fsp3) is 0.737. The van der Waals surface area contributed by atoms with E-state index in [1.165, 1.54) is 0 Å². The molecule has 0 atom stereocenters. The van der Waals surface area contributed by atoms with Crippen LogP contribution in [0.3, 0.4) is 0 Å². The van der Waals surface area contributed by atoms with E-state index >= 15 is 0 Å². The Kier molecular flexibility index (Phi) is 5.89. The number of likely N-dealkylation sites (tertiary alicyclic amines) is 2. The van der Waals surface area contributed by atoms with E-state index in [1.807, 2.05) is 11.8 Å². The summed E-state index contributed by atoms with van der Waals surface area (Å²) >= 11 is 0. The van der Waals surface area contributed by atoms with Crippen LogP contribution in [0.25, 0.3) is 0 Å². The highest BCUT2D eigenvalue weighted by Gasteiger charge is 2.27. The van der Waals surface area contributed by atoms with Gasteiger partial charge >= 0.3 is 0 Å². The van der Waals surface area contributed by atoms with Gasteiger partial charge in [0.25, 0.3) is 5.56 Å². The van der Waals surface area contributed by atoms with Crippen LogP contribution in [0.2, 0.25) is 0 Å². The molecule has 0 unspecified atom stereocenters. The number of carbonyl (C=O) groups excluding carboxylic acids is 1. The second-order valence-electron chi connectivity index (χ2n) is 7.49. The first-order chi connectivity index (χ1) is 12.0. The van der Waals surface area contributed by atoms with Gasteiger partial charge in [-0.1, -0.05) is 6.92 Å². The van der Waals surface area contributed by atoms with Gasteiger partial charge in [-0.25, -0.2) is 4.98 Å². The first-order valence-electron chi connectivity index (χ1n) is 9.63. The Balaban J connectivity index is 1.48. The number of aryl methyl sites for hydroxylation is 1. The Hall–Kier alpha value is -1.69. The number of nitrogens with one attached hydrogen (secondary N) is 1. The quantitative estimate of drug-likeness (QED) is 0.904. The molecule has 1 aromatic heterocycles. The molecule has 0 saturated carbocycles. The van der Waals surface area contributed by atoms with Crippen molar-refractivity contribution in [2.24, 2.45) is 5.92 Å². The second-order valence-corrected chi connectivity index (χ2v) is 7.49. The lowest BCUT2D eigenvalue weighted by molar-refractivity contribution is -0.133. The zero-order valence-electron chi connectivity index (χ0n) is 15.5. The maximum Gasteiger partial charge on any atom is 0.251 e. The van der Waals surface area contributed by atoms with Crippen LogP contribution in [-0.4, -0.2) is 58.4 Å². The normalized spacial score (nSPS) is 20.8. The van der Waals surface area contributed by atoms with E-state index in [-0.39, 0.29) is 11.5 Å². The molecular formula is C19H30N4O2. The van der Waals surface area contributed by atoms with Gasteiger partial charge in [-0.05, 0) is 58.2 Å². The van der Waals surface area contributed by atoms with Crippen molar-refractivity contribution in [2.75, 3.05) is 32.7 Å². The highest BCUT2D eigenvalue weighted by Crippen LogP contribution is 2.28. The number of rotatable bonds is 4. The highest BCUT2D eigenvalue weighted by atomic mass is 16.2. The molecule has 0 aliphatic carbocycles. The van der Waals surface area contributed by atoms with Gasteiger partial charge in [-0.2, -0.15) is 0 Å². The summed E-state index contributed by atoms with van der Waals surface area (Å²) in [5.74, 6) is 1.81. The molecule has 0 radical (unpaired) electrons. The van der Waals surface area contributed by atoms with Gasteiger partial charge in [0.2, 0.25) is 5.91 Å². The van der Waals surface area contributed by atoms with Crippen molar-refractivity contribution in [3.8, 4) is 0 Å². The molecule has 25 heavy (non-hydrogen) atoms. The number of hydrogen-bond donors (Lipinski definition) is 1. The SMILES string of the molecule is CCN1CCC(CC(=O)N2CCC(c3cc(=O)[nH]c(C)n3)CC2)CC1. The zero-order chi connectivity index (χ0) is 17.8. The van der Waals surface area contributed by atoms with Gasteiger partial charge in [-0.3, -0.25) is 9.59 Å². The third-order valence-corrected chi connectivity index (χ3v) is 5.76. The Morgan fingerprint density at radius 2 is 1.88 bits per heavy atom. The van der Waals surface area contributed by atoms with Crippen molar-refractivity contribution in [3.05, 3.63) is 27.9 Å². The van der Waals surface area contributed by atoms with Gasteiger partial charge in [0, 0.05) is 31.5 Å². The Morgan fingerprint density at radius 1 is 1.20 bits per heavy atom. The molecule has 2 saturated heterocycles. The van der Waals surface area contributed by atoms with Crippen LogP contribution in [0, 0.1) is 12.8 Å². The molecule has 3 rings (SSSR count). The summed E-state index contributed by atoms with van der Waals surface area (Å²) in [6.45, 7) is 8.95. The van der Waals surface area contributed by atoms with Crippen molar-refractivity contribution >= 4 is 5.91 Å². The Labute approximate surface area is 149 Å². The lowest BCUT2D eigenvalue weighted by atomic mass is 9.90. The van der Waals surface area contributed by atoms with E-state index in [0.29, 0.717) is 24.1 Å². The minimum Gasteiger partial charge on any atom is -0.343 e. The van der Waals surface area contributed by atoms with Crippen molar-refractivity contribution < 1.29 is 4.79 Å². The number of nitrogens with zero attached hydrogens (tertiary/aromatic N) is 3. The fourth-order valence-corrected chi connectivity index (χ4v) is 4.12. The van der Waals surface area contributed by atoms with Crippen molar-refractivity contribution in [3.63, 3.8) is 0 Å². The summed E-state index contributed by atoms with van der Waals surface area (Å²) in [6.07, 6.45) is 4.79. The van der Waals surface area contributed by atoms with Gasteiger partial charge in [0.1, 0.15) is 5.82 Å². The molecule has 6 heteroatoms. The van der Waals surface area contributed by atoms with E-state index in [1.54, 1.807) is 6.07 Å². The molecule has 1 aromatic rings. The predicted molar refractivity (Wildman–Crippen MR) is 97.6 cm³/mol. The molecule has 0 spiro atoms. The van der Waals surface area contributed by atoms with Gasteiger partial charge in [0.05, 0.1) is 5.69 Å². The van der Waals surface area contributed by atoms with Gasteiger partial charge in [-0.15, -0.1) is 0 Å². The summed E-state index contributed by atoms with van der Waals surface area (Å²) in [4.78, 5) is 35.9.